The number of halogens is 2. The first kappa shape index (κ1) is 19.1. The van der Waals surface area contributed by atoms with Crippen molar-refractivity contribution in [1.82, 2.24) is 24.1 Å². The molecule has 1 saturated heterocycles. The average molecular weight is 439 g/mol. The first-order chi connectivity index (χ1) is 13.4. The first-order valence-electron chi connectivity index (χ1n) is 8.47. The lowest BCUT2D eigenvalue weighted by Crippen LogP contribution is -2.49. The van der Waals surface area contributed by atoms with Gasteiger partial charge in [0.2, 0.25) is 10.0 Å². The van der Waals surface area contributed by atoms with E-state index in [0.717, 1.165) is 0 Å². The minimum atomic E-state index is -3.71. The van der Waals surface area contributed by atoms with Crippen LogP contribution in [0, 0.1) is 0 Å². The van der Waals surface area contributed by atoms with Gasteiger partial charge in [0.05, 0.1) is 5.02 Å². The molecule has 0 radical (unpaired) electrons. The van der Waals surface area contributed by atoms with Crippen LogP contribution in [0.1, 0.15) is 0 Å². The van der Waals surface area contributed by atoms with Crippen LogP contribution in [0.4, 0.5) is 5.82 Å². The van der Waals surface area contributed by atoms with Gasteiger partial charge in [-0.25, -0.2) is 13.4 Å². The Morgan fingerprint density at radius 3 is 2.29 bits per heavy atom. The van der Waals surface area contributed by atoms with Crippen LogP contribution in [-0.2, 0) is 10.0 Å². The molecule has 4 rings (SSSR count). The molecule has 11 heteroatoms. The van der Waals surface area contributed by atoms with Gasteiger partial charge in [-0.3, -0.25) is 4.57 Å². The Bertz CT molecular complexity index is 1070. The molecule has 2 aromatic heterocycles. The van der Waals surface area contributed by atoms with Crippen LogP contribution in [0.5, 0.6) is 0 Å². The van der Waals surface area contributed by atoms with Crippen LogP contribution < -0.4 is 4.90 Å². The van der Waals surface area contributed by atoms with Gasteiger partial charge in [-0.05, 0) is 30.3 Å². The highest BCUT2D eigenvalue weighted by molar-refractivity contribution is 7.89. The molecular formula is C17H16Cl2N6O2S. The summed E-state index contributed by atoms with van der Waals surface area (Å²) in [6.45, 7) is 1.62. The van der Waals surface area contributed by atoms with Gasteiger partial charge in [0.25, 0.3) is 0 Å². The maximum atomic E-state index is 12.9. The van der Waals surface area contributed by atoms with Crippen molar-refractivity contribution in [2.24, 2.45) is 0 Å². The number of anilines is 1. The van der Waals surface area contributed by atoms with Crippen LogP contribution >= 0.6 is 23.2 Å². The molecule has 0 amide bonds. The maximum Gasteiger partial charge on any atom is 0.244 e. The van der Waals surface area contributed by atoms with Crippen molar-refractivity contribution in [2.75, 3.05) is 31.1 Å². The molecule has 0 atom stereocenters. The van der Waals surface area contributed by atoms with E-state index in [0.29, 0.717) is 42.8 Å². The van der Waals surface area contributed by atoms with E-state index in [1.165, 1.54) is 16.4 Å². The van der Waals surface area contributed by atoms with Crippen molar-refractivity contribution in [2.45, 2.75) is 4.90 Å². The Balaban J connectivity index is 1.46. The summed E-state index contributed by atoms with van der Waals surface area (Å²) in [5.41, 5.74) is 0. The van der Waals surface area contributed by atoms with Crippen molar-refractivity contribution >= 4 is 39.0 Å². The number of hydrogen-bond acceptors (Lipinski definition) is 6. The molecule has 1 aliphatic heterocycles. The molecule has 3 heterocycles. The minimum Gasteiger partial charge on any atom is -0.352 e. The van der Waals surface area contributed by atoms with E-state index >= 15 is 0 Å². The standard InChI is InChI=1S/C17H16Cl2N6O2S/c18-13-1-2-14(19)15(11-13)28(26,27)25-9-7-23(8-10-25)16-3-4-17(22-21-16)24-6-5-20-12-24/h1-6,11-12H,7-10H2. The normalized spacial score (nSPS) is 15.7. The van der Waals surface area contributed by atoms with Crippen LogP contribution in [0.15, 0.2) is 53.9 Å². The number of aromatic nitrogens is 4. The molecular weight excluding hydrogens is 423 g/mol. The number of rotatable bonds is 4. The van der Waals surface area contributed by atoms with Crippen molar-refractivity contribution in [3.8, 4) is 5.82 Å². The molecule has 0 saturated carbocycles. The lowest BCUT2D eigenvalue weighted by atomic mass is 10.3. The van der Waals surface area contributed by atoms with Gasteiger partial charge in [0.1, 0.15) is 11.2 Å². The van der Waals surface area contributed by atoms with E-state index in [1.807, 2.05) is 17.0 Å². The van der Waals surface area contributed by atoms with E-state index in [4.69, 9.17) is 23.2 Å². The Morgan fingerprint density at radius 2 is 1.64 bits per heavy atom. The lowest BCUT2D eigenvalue weighted by Gasteiger charge is -2.34. The molecule has 8 nitrogen and oxygen atoms in total. The summed E-state index contributed by atoms with van der Waals surface area (Å²) in [7, 11) is -3.71. The van der Waals surface area contributed by atoms with Crippen molar-refractivity contribution in [1.29, 1.82) is 0 Å². The summed E-state index contributed by atoms with van der Waals surface area (Å²) < 4.78 is 29.0. The highest BCUT2D eigenvalue weighted by Crippen LogP contribution is 2.28. The number of nitrogens with zero attached hydrogens (tertiary/aromatic N) is 6. The van der Waals surface area contributed by atoms with Gasteiger partial charge in [-0.2, -0.15) is 4.31 Å². The lowest BCUT2D eigenvalue weighted by molar-refractivity contribution is 0.383. The summed E-state index contributed by atoms with van der Waals surface area (Å²) in [6.07, 6.45) is 5.10. The minimum absolute atomic E-state index is 0.0274. The molecule has 1 aliphatic rings. The van der Waals surface area contributed by atoms with Crippen molar-refractivity contribution in [3.05, 3.63) is 59.1 Å². The van der Waals surface area contributed by atoms with Gasteiger partial charge in [-0.1, -0.05) is 23.2 Å². The fraction of sp³-hybridized carbons (Fsp3) is 0.235. The molecule has 0 N–H and O–H groups in total. The van der Waals surface area contributed by atoms with E-state index in [2.05, 4.69) is 15.2 Å². The second-order valence-corrected chi connectivity index (χ2v) is 8.94. The van der Waals surface area contributed by atoms with Gasteiger partial charge >= 0.3 is 0 Å². The first-order valence-corrected chi connectivity index (χ1v) is 10.7. The van der Waals surface area contributed by atoms with Crippen molar-refractivity contribution in [3.63, 3.8) is 0 Å². The number of piperazine rings is 1. The zero-order chi connectivity index (χ0) is 19.7. The number of sulfonamides is 1. The average Bonchev–Trinajstić information content (AvgIpc) is 3.25. The zero-order valence-electron chi connectivity index (χ0n) is 14.6. The predicted octanol–water partition coefficient (Wildman–Crippen LogP) is 2.48. The summed E-state index contributed by atoms with van der Waals surface area (Å²) >= 11 is 12.0. The van der Waals surface area contributed by atoms with Gasteiger partial charge in [0, 0.05) is 43.6 Å². The third-order valence-corrected chi connectivity index (χ3v) is 7.09. The SMILES string of the molecule is O=S(=O)(c1cc(Cl)ccc1Cl)N1CCN(c2ccc(-n3ccnc3)nn2)CC1. The molecule has 1 aromatic carbocycles. The summed E-state index contributed by atoms with van der Waals surface area (Å²) in [5.74, 6) is 1.36. The number of hydrogen-bond donors (Lipinski definition) is 0. The second-order valence-electron chi connectivity index (χ2n) is 6.19. The van der Waals surface area contributed by atoms with Crippen LogP contribution in [-0.4, -0.2) is 58.7 Å². The summed E-state index contributed by atoms with van der Waals surface area (Å²) in [6, 6.07) is 8.14. The summed E-state index contributed by atoms with van der Waals surface area (Å²) in [5, 5.41) is 8.94. The molecule has 0 spiro atoms. The van der Waals surface area contributed by atoms with Gasteiger partial charge in [0.15, 0.2) is 11.6 Å². The van der Waals surface area contributed by atoms with Gasteiger partial charge in [-0.15, -0.1) is 10.2 Å². The molecule has 0 bridgehead atoms. The fourth-order valence-corrected chi connectivity index (χ4v) is 5.15. The van der Waals surface area contributed by atoms with Crippen LogP contribution in [0.3, 0.4) is 0 Å². The molecule has 0 unspecified atom stereocenters. The fourth-order valence-electron chi connectivity index (χ4n) is 2.99. The van der Waals surface area contributed by atoms with Crippen molar-refractivity contribution < 1.29 is 8.42 Å². The van der Waals surface area contributed by atoms with E-state index in [-0.39, 0.29) is 9.92 Å². The number of imidazole rings is 1. The maximum absolute atomic E-state index is 12.9. The van der Waals surface area contributed by atoms with E-state index < -0.39 is 10.0 Å². The zero-order valence-corrected chi connectivity index (χ0v) is 16.9. The Morgan fingerprint density at radius 1 is 0.929 bits per heavy atom. The molecule has 1 fully saturated rings. The third-order valence-electron chi connectivity index (χ3n) is 4.48. The third kappa shape index (κ3) is 3.70. The quantitative estimate of drug-likeness (QED) is 0.621. The van der Waals surface area contributed by atoms with E-state index in [1.54, 1.807) is 29.4 Å². The highest BCUT2D eigenvalue weighted by atomic mass is 35.5. The van der Waals surface area contributed by atoms with Crippen LogP contribution in [0.2, 0.25) is 10.0 Å². The Labute approximate surface area is 172 Å². The molecule has 28 heavy (non-hydrogen) atoms. The monoisotopic (exact) mass is 438 g/mol. The van der Waals surface area contributed by atoms with Crippen LogP contribution in [0.25, 0.3) is 5.82 Å². The second kappa shape index (κ2) is 7.67. The molecule has 146 valence electrons. The van der Waals surface area contributed by atoms with Gasteiger partial charge < -0.3 is 4.90 Å². The van der Waals surface area contributed by atoms with E-state index in [9.17, 15) is 8.42 Å². The highest BCUT2D eigenvalue weighted by Gasteiger charge is 2.30. The molecule has 0 aliphatic carbocycles. The Kier molecular flexibility index (Phi) is 5.24. The molecule has 3 aromatic rings. The number of benzene rings is 1. The topological polar surface area (TPSA) is 84.2 Å². The predicted molar refractivity (Wildman–Crippen MR) is 107 cm³/mol. The smallest absolute Gasteiger partial charge is 0.244 e. The summed E-state index contributed by atoms with van der Waals surface area (Å²) in [4.78, 5) is 6.01. The largest absolute Gasteiger partial charge is 0.352 e. The Hall–Kier alpha value is -2.20.